The summed E-state index contributed by atoms with van der Waals surface area (Å²) in [6.45, 7) is 6.84. The van der Waals surface area contributed by atoms with E-state index in [2.05, 4.69) is 6.58 Å². The molecule has 2 aromatic rings. The highest BCUT2D eigenvalue weighted by atomic mass is 16.5. The Kier molecular flexibility index (Phi) is 10.00. The molecule has 0 spiro atoms. The third kappa shape index (κ3) is 8.39. The van der Waals surface area contributed by atoms with Gasteiger partial charge >= 0.3 is 11.9 Å². The molecular formula is C24H28O6. The summed E-state index contributed by atoms with van der Waals surface area (Å²) in [5.41, 5.74) is 0.457. The largest absolute Gasteiger partial charge is 0.494 e. The van der Waals surface area contributed by atoms with E-state index >= 15 is 0 Å². The van der Waals surface area contributed by atoms with E-state index in [1.165, 1.54) is 6.08 Å². The SMILES string of the molecule is C=CC(=O)OCCCCCCOc1ccc(OC(=O)c2ccc(OCC)cc2)cc1. The van der Waals surface area contributed by atoms with E-state index in [1.54, 1.807) is 48.5 Å². The Morgan fingerprint density at radius 3 is 2.00 bits per heavy atom. The van der Waals surface area contributed by atoms with Crippen LogP contribution in [0.4, 0.5) is 0 Å². The van der Waals surface area contributed by atoms with Crippen molar-refractivity contribution < 1.29 is 28.5 Å². The zero-order chi connectivity index (χ0) is 21.6. The molecule has 0 N–H and O–H groups in total. The summed E-state index contributed by atoms with van der Waals surface area (Å²) in [7, 11) is 0. The summed E-state index contributed by atoms with van der Waals surface area (Å²) in [6.07, 6.45) is 4.86. The number of carbonyl (C=O) groups excluding carboxylic acids is 2. The second-order valence-electron chi connectivity index (χ2n) is 6.45. The van der Waals surface area contributed by atoms with Gasteiger partial charge in [-0.1, -0.05) is 6.58 Å². The summed E-state index contributed by atoms with van der Waals surface area (Å²) in [5.74, 6) is 1.08. The number of rotatable bonds is 13. The Balaban J connectivity index is 1.65. The fourth-order valence-electron chi connectivity index (χ4n) is 2.60. The maximum Gasteiger partial charge on any atom is 0.343 e. The molecule has 0 aliphatic heterocycles. The third-order valence-electron chi connectivity index (χ3n) is 4.15. The molecule has 160 valence electrons. The summed E-state index contributed by atoms with van der Waals surface area (Å²) >= 11 is 0. The number of ether oxygens (including phenoxy) is 4. The van der Waals surface area contributed by atoms with Gasteiger partial charge in [0.2, 0.25) is 0 Å². The lowest BCUT2D eigenvalue weighted by Gasteiger charge is -2.08. The zero-order valence-corrected chi connectivity index (χ0v) is 17.3. The van der Waals surface area contributed by atoms with Crippen LogP contribution in [0.5, 0.6) is 17.2 Å². The second kappa shape index (κ2) is 13.0. The summed E-state index contributed by atoms with van der Waals surface area (Å²) in [5, 5.41) is 0. The second-order valence-corrected chi connectivity index (χ2v) is 6.45. The van der Waals surface area contributed by atoms with Gasteiger partial charge in [-0.25, -0.2) is 9.59 Å². The highest BCUT2D eigenvalue weighted by Crippen LogP contribution is 2.20. The average molecular weight is 412 g/mol. The van der Waals surface area contributed by atoms with E-state index in [4.69, 9.17) is 18.9 Å². The lowest BCUT2D eigenvalue weighted by Crippen LogP contribution is -2.08. The van der Waals surface area contributed by atoms with Crippen LogP contribution in [0.1, 0.15) is 43.0 Å². The first-order chi connectivity index (χ1) is 14.6. The van der Waals surface area contributed by atoms with Crippen molar-refractivity contribution in [3.05, 3.63) is 66.7 Å². The average Bonchev–Trinajstić information content (AvgIpc) is 2.77. The standard InChI is InChI=1S/C24H28O6/c1-3-23(25)29-18-8-6-5-7-17-28-21-13-15-22(16-14-21)30-24(26)19-9-11-20(12-10-19)27-4-2/h3,9-16H,1,4-8,17-18H2,2H3. The van der Waals surface area contributed by atoms with Crippen LogP contribution < -0.4 is 14.2 Å². The Hall–Kier alpha value is -3.28. The molecular weight excluding hydrogens is 384 g/mol. The lowest BCUT2D eigenvalue weighted by molar-refractivity contribution is -0.137. The van der Waals surface area contributed by atoms with E-state index in [0.29, 0.717) is 36.9 Å². The first kappa shape index (κ1) is 23.0. The zero-order valence-electron chi connectivity index (χ0n) is 17.3. The molecule has 0 heterocycles. The molecule has 30 heavy (non-hydrogen) atoms. The van der Waals surface area contributed by atoms with Crippen LogP contribution in [0.15, 0.2) is 61.2 Å². The molecule has 0 aliphatic rings. The Labute approximate surface area is 177 Å². The van der Waals surface area contributed by atoms with Gasteiger partial charge in [0, 0.05) is 6.08 Å². The maximum absolute atomic E-state index is 12.2. The number of hydrogen-bond acceptors (Lipinski definition) is 6. The van der Waals surface area contributed by atoms with Gasteiger partial charge < -0.3 is 18.9 Å². The highest BCUT2D eigenvalue weighted by molar-refractivity contribution is 5.91. The fourth-order valence-corrected chi connectivity index (χ4v) is 2.60. The number of hydrogen-bond donors (Lipinski definition) is 0. The van der Waals surface area contributed by atoms with Gasteiger partial charge in [-0.3, -0.25) is 0 Å². The first-order valence-corrected chi connectivity index (χ1v) is 10.1. The minimum Gasteiger partial charge on any atom is -0.494 e. The predicted molar refractivity (Wildman–Crippen MR) is 114 cm³/mol. The first-order valence-electron chi connectivity index (χ1n) is 10.1. The Morgan fingerprint density at radius 1 is 0.800 bits per heavy atom. The van der Waals surface area contributed by atoms with Crippen LogP contribution in [0.3, 0.4) is 0 Å². The third-order valence-corrected chi connectivity index (χ3v) is 4.15. The van der Waals surface area contributed by atoms with Crippen LogP contribution in [0.2, 0.25) is 0 Å². The number of esters is 2. The van der Waals surface area contributed by atoms with Crippen LogP contribution in [0, 0.1) is 0 Å². The quantitative estimate of drug-likeness (QED) is 0.200. The number of carbonyl (C=O) groups is 2. The van der Waals surface area contributed by atoms with Crippen molar-refractivity contribution in [2.45, 2.75) is 32.6 Å². The van der Waals surface area contributed by atoms with Gasteiger partial charge in [-0.05, 0) is 81.1 Å². The minimum absolute atomic E-state index is 0.382. The number of unbranched alkanes of at least 4 members (excludes halogenated alkanes) is 3. The smallest absolute Gasteiger partial charge is 0.343 e. The van der Waals surface area contributed by atoms with Crippen molar-refractivity contribution in [1.29, 1.82) is 0 Å². The molecule has 0 saturated carbocycles. The van der Waals surface area contributed by atoms with Crippen molar-refractivity contribution in [3.8, 4) is 17.2 Å². The molecule has 6 nitrogen and oxygen atoms in total. The van der Waals surface area contributed by atoms with E-state index in [0.717, 1.165) is 31.4 Å². The fraction of sp³-hybridized carbons (Fsp3) is 0.333. The van der Waals surface area contributed by atoms with Gasteiger partial charge in [0.1, 0.15) is 17.2 Å². The molecule has 0 fully saturated rings. The van der Waals surface area contributed by atoms with Crippen molar-refractivity contribution in [2.24, 2.45) is 0 Å². The minimum atomic E-state index is -0.425. The van der Waals surface area contributed by atoms with E-state index < -0.39 is 5.97 Å². The summed E-state index contributed by atoms with van der Waals surface area (Å²) in [4.78, 5) is 23.1. The van der Waals surface area contributed by atoms with Crippen LogP contribution in [-0.2, 0) is 9.53 Å². The topological polar surface area (TPSA) is 71.1 Å². The number of benzene rings is 2. The van der Waals surface area contributed by atoms with Crippen LogP contribution in [-0.4, -0.2) is 31.8 Å². The van der Waals surface area contributed by atoms with Crippen molar-refractivity contribution in [3.63, 3.8) is 0 Å². The molecule has 0 saturated heterocycles. The van der Waals surface area contributed by atoms with Gasteiger partial charge in [0.15, 0.2) is 0 Å². The van der Waals surface area contributed by atoms with Gasteiger partial charge in [-0.2, -0.15) is 0 Å². The molecule has 6 heteroatoms. The molecule has 2 aromatic carbocycles. The lowest BCUT2D eigenvalue weighted by atomic mass is 10.2. The molecule has 0 bridgehead atoms. The van der Waals surface area contributed by atoms with E-state index in [-0.39, 0.29) is 5.97 Å². The van der Waals surface area contributed by atoms with Crippen LogP contribution in [0.25, 0.3) is 0 Å². The van der Waals surface area contributed by atoms with Crippen molar-refractivity contribution >= 4 is 11.9 Å². The Morgan fingerprint density at radius 2 is 1.37 bits per heavy atom. The Bertz CT molecular complexity index is 795. The summed E-state index contributed by atoms with van der Waals surface area (Å²) < 4.78 is 21.4. The maximum atomic E-state index is 12.2. The predicted octanol–water partition coefficient (Wildman–Crippen LogP) is 4.97. The molecule has 0 atom stereocenters. The van der Waals surface area contributed by atoms with E-state index in [9.17, 15) is 9.59 Å². The van der Waals surface area contributed by atoms with Gasteiger partial charge in [-0.15, -0.1) is 0 Å². The van der Waals surface area contributed by atoms with Gasteiger partial charge in [0.05, 0.1) is 25.4 Å². The summed E-state index contributed by atoms with van der Waals surface area (Å²) in [6, 6.07) is 13.8. The molecule has 0 aromatic heterocycles. The van der Waals surface area contributed by atoms with Gasteiger partial charge in [0.25, 0.3) is 0 Å². The molecule has 2 rings (SSSR count). The molecule has 0 aliphatic carbocycles. The van der Waals surface area contributed by atoms with Crippen molar-refractivity contribution in [2.75, 3.05) is 19.8 Å². The monoisotopic (exact) mass is 412 g/mol. The molecule has 0 amide bonds. The normalized spacial score (nSPS) is 10.2. The van der Waals surface area contributed by atoms with E-state index in [1.807, 2.05) is 6.92 Å². The van der Waals surface area contributed by atoms with Crippen molar-refractivity contribution in [1.82, 2.24) is 0 Å². The van der Waals surface area contributed by atoms with Crippen LogP contribution >= 0.6 is 0 Å². The molecule has 0 unspecified atom stereocenters. The molecule has 0 radical (unpaired) electrons. The highest BCUT2D eigenvalue weighted by Gasteiger charge is 2.09.